The van der Waals surface area contributed by atoms with E-state index in [1.165, 1.54) is 0 Å². The van der Waals surface area contributed by atoms with Crippen molar-refractivity contribution in [3.63, 3.8) is 0 Å². The molecule has 5 atom stereocenters. The molecule has 1 saturated heterocycles. The summed E-state index contributed by atoms with van der Waals surface area (Å²) in [5.74, 6) is -1.82. The first-order chi connectivity index (χ1) is 8.32. The number of hydrogen-bond donors (Lipinski definition) is 5. The van der Waals surface area contributed by atoms with Gasteiger partial charge in [-0.05, 0) is 0 Å². The van der Waals surface area contributed by atoms with Crippen LogP contribution in [0.3, 0.4) is 0 Å². The highest BCUT2D eigenvalue weighted by molar-refractivity contribution is 5.79. The van der Waals surface area contributed by atoms with Gasteiger partial charge in [-0.1, -0.05) is 0 Å². The predicted octanol–water partition coefficient (Wildman–Crippen LogP) is -3.83. The van der Waals surface area contributed by atoms with Gasteiger partial charge in [0.05, 0.1) is 6.10 Å². The van der Waals surface area contributed by atoms with Gasteiger partial charge >= 0.3 is 0 Å². The van der Waals surface area contributed by atoms with Gasteiger partial charge in [0, 0.05) is 6.42 Å². The third-order valence-electron chi connectivity index (χ3n) is 2.45. The molecule has 0 radical (unpaired) electrons. The van der Waals surface area contributed by atoms with Crippen molar-refractivity contribution in [2.24, 2.45) is 11.5 Å². The molecular formula is C9H16N2O7. The van der Waals surface area contributed by atoms with Crippen LogP contribution in [-0.4, -0.2) is 64.4 Å². The topological polar surface area (TPSA) is 165 Å². The molecule has 0 bridgehead atoms. The van der Waals surface area contributed by atoms with E-state index >= 15 is 0 Å². The minimum absolute atomic E-state index is 0.297. The van der Waals surface area contributed by atoms with Gasteiger partial charge in [-0.2, -0.15) is 0 Å². The maximum absolute atomic E-state index is 11.1. The molecule has 0 aromatic heterocycles. The lowest BCUT2D eigenvalue weighted by atomic mass is 10.0. The Kier molecular flexibility index (Phi) is 4.99. The number of hydrogen-bond acceptors (Lipinski definition) is 7. The minimum Gasteiger partial charge on any atom is -0.390 e. The first-order valence-electron chi connectivity index (χ1n) is 5.21. The van der Waals surface area contributed by atoms with E-state index in [9.17, 15) is 24.9 Å². The highest BCUT2D eigenvalue weighted by Gasteiger charge is 2.41. The summed E-state index contributed by atoms with van der Waals surface area (Å²) in [5, 5.41) is 28.7. The molecule has 9 nitrogen and oxygen atoms in total. The number of aliphatic hydroxyl groups is 3. The van der Waals surface area contributed by atoms with E-state index in [1.54, 1.807) is 0 Å². The van der Waals surface area contributed by atoms with Crippen molar-refractivity contribution in [2.45, 2.75) is 37.1 Å². The number of aliphatic hydroxyl groups excluding tert-OH is 3. The number of carbonyl (C=O) groups excluding carboxylic acids is 2. The number of primary amides is 2. The van der Waals surface area contributed by atoms with Crippen LogP contribution in [0.15, 0.2) is 0 Å². The first-order valence-corrected chi connectivity index (χ1v) is 5.21. The summed E-state index contributed by atoms with van der Waals surface area (Å²) in [4.78, 5) is 21.6. The quantitative estimate of drug-likeness (QED) is 0.347. The molecule has 18 heavy (non-hydrogen) atoms. The maximum atomic E-state index is 11.1. The Morgan fingerprint density at radius 1 is 1.22 bits per heavy atom. The van der Waals surface area contributed by atoms with E-state index in [0.717, 1.165) is 0 Å². The second-order valence-electron chi connectivity index (χ2n) is 3.97. The van der Waals surface area contributed by atoms with Gasteiger partial charge in [0.25, 0.3) is 0 Å². The number of amides is 2. The van der Waals surface area contributed by atoms with Crippen molar-refractivity contribution in [1.82, 2.24) is 0 Å². The smallest absolute Gasteiger partial charge is 0.249 e. The van der Waals surface area contributed by atoms with E-state index in [4.69, 9.17) is 20.9 Å². The van der Waals surface area contributed by atoms with Crippen molar-refractivity contribution < 1.29 is 34.4 Å². The standard InChI is InChI=1S/C9H16N2O7/c10-5(14)2-17-9-4(13)1-3(12)6(15)7(18-9)8(11)16/h3-4,6-7,9,12-13,15H,1-2H2,(H2,10,14)(H2,11,16)/t3?,4?,6-,7?,9+/m0/s1. The molecule has 1 aliphatic heterocycles. The number of ether oxygens (including phenoxy) is 2. The fraction of sp³-hybridized carbons (Fsp3) is 0.778. The van der Waals surface area contributed by atoms with Crippen LogP contribution in [0, 0.1) is 0 Å². The molecule has 0 aliphatic carbocycles. The summed E-state index contributed by atoms with van der Waals surface area (Å²) in [5.41, 5.74) is 9.84. The van der Waals surface area contributed by atoms with E-state index in [2.05, 4.69) is 0 Å². The van der Waals surface area contributed by atoms with Gasteiger partial charge in [0.1, 0.15) is 18.8 Å². The second kappa shape index (κ2) is 6.07. The molecule has 0 aromatic rings. The lowest BCUT2D eigenvalue weighted by Crippen LogP contribution is -2.47. The Hall–Kier alpha value is -1.26. The Morgan fingerprint density at radius 2 is 1.83 bits per heavy atom. The Morgan fingerprint density at radius 3 is 2.33 bits per heavy atom. The molecule has 0 aromatic carbocycles. The molecule has 2 amide bonds. The molecule has 1 fully saturated rings. The van der Waals surface area contributed by atoms with Crippen molar-refractivity contribution in [2.75, 3.05) is 6.61 Å². The van der Waals surface area contributed by atoms with Crippen LogP contribution in [0.1, 0.15) is 6.42 Å². The molecular weight excluding hydrogens is 248 g/mol. The van der Waals surface area contributed by atoms with Crippen LogP contribution in [-0.2, 0) is 19.1 Å². The van der Waals surface area contributed by atoms with Crippen molar-refractivity contribution in [1.29, 1.82) is 0 Å². The Labute approximate surface area is 102 Å². The maximum Gasteiger partial charge on any atom is 0.249 e. The third kappa shape index (κ3) is 3.62. The summed E-state index contributed by atoms with van der Waals surface area (Å²) < 4.78 is 9.79. The monoisotopic (exact) mass is 264 g/mol. The van der Waals surface area contributed by atoms with Gasteiger partial charge in [-0.25, -0.2) is 0 Å². The fourth-order valence-corrected chi connectivity index (χ4v) is 1.57. The van der Waals surface area contributed by atoms with E-state index in [0.29, 0.717) is 0 Å². The molecule has 9 heteroatoms. The zero-order valence-electron chi connectivity index (χ0n) is 9.43. The molecule has 3 unspecified atom stereocenters. The Bertz CT molecular complexity index is 324. The van der Waals surface area contributed by atoms with Gasteiger partial charge in [0.2, 0.25) is 11.8 Å². The van der Waals surface area contributed by atoms with Crippen LogP contribution in [0.25, 0.3) is 0 Å². The van der Waals surface area contributed by atoms with Gasteiger partial charge in [0.15, 0.2) is 12.4 Å². The zero-order valence-corrected chi connectivity index (χ0v) is 9.43. The SMILES string of the molecule is NC(=O)CO[C@@H]1OC(C(N)=O)[C@@H](O)C(O)CC1O. The van der Waals surface area contributed by atoms with Crippen LogP contribution >= 0.6 is 0 Å². The third-order valence-corrected chi connectivity index (χ3v) is 2.45. The minimum atomic E-state index is -1.58. The van der Waals surface area contributed by atoms with E-state index < -0.39 is 49.1 Å². The number of nitrogens with two attached hydrogens (primary N) is 2. The molecule has 1 rings (SSSR count). The van der Waals surface area contributed by atoms with Crippen molar-refractivity contribution in [3.8, 4) is 0 Å². The summed E-state index contributed by atoms with van der Waals surface area (Å²) in [6, 6.07) is 0. The molecule has 104 valence electrons. The first kappa shape index (κ1) is 14.8. The zero-order chi connectivity index (χ0) is 13.9. The summed E-state index contributed by atoms with van der Waals surface area (Å²) in [6.07, 6.45) is -7.55. The lowest BCUT2D eigenvalue weighted by molar-refractivity contribution is -0.216. The lowest BCUT2D eigenvalue weighted by Gasteiger charge is -2.23. The average molecular weight is 264 g/mol. The predicted molar refractivity (Wildman–Crippen MR) is 55.6 cm³/mol. The highest BCUT2D eigenvalue weighted by Crippen LogP contribution is 2.21. The molecule has 1 aliphatic rings. The van der Waals surface area contributed by atoms with Crippen LogP contribution < -0.4 is 11.5 Å². The largest absolute Gasteiger partial charge is 0.390 e. The van der Waals surface area contributed by atoms with Gasteiger partial charge in [-0.3, -0.25) is 9.59 Å². The van der Waals surface area contributed by atoms with Crippen LogP contribution in [0.2, 0.25) is 0 Å². The molecule has 7 N–H and O–H groups in total. The molecule has 0 saturated carbocycles. The fourth-order valence-electron chi connectivity index (χ4n) is 1.57. The Balaban J connectivity index is 2.77. The number of rotatable bonds is 4. The van der Waals surface area contributed by atoms with E-state index in [-0.39, 0.29) is 6.42 Å². The summed E-state index contributed by atoms with van der Waals surface area (Å²) in [7, 11) is 0. The normalized spacial score (nSPS) is 36.9. The van der Waals surface area contributed by atoms with Crippen LogP contribution in [0.4, 0.5) is 0 Å². The van der Waals surface area contributed by atoms with E-state index in [1.807, 2.05) is 0 Å². The second-order valence-corrected chi connectivity index (χ2v) is 3.97. The van der Waals surface area contributed by atoms with Crippen molar-refractivity contribution >= 4 is 11.8 Å². The average Bonchev–Trinajstić information content (AvgIpc) is 2.36. The summed E-state index contributed by atoms with van der Waals surface area (Å²) >= 11 is 0. The molecule has 1 heterocycles. The van der Waals surface area contributed by atoms with Gasteiger partial charge < -0.3 is 36.3 Å². The number of carbonyl (C=O) groups is 2. The van der Waals surface area contributed by atoms with Gasteiger partial charge in [-0.15, -0.1) is 0 Å². The summed E-state index contributed by atoms with van der Waals surface area (Å²) in [6.45, 7) is -0.542. The highest BCUT2D eigenvalue weighted by atomic mass is 16.7. The van der Waals surface area contributed by atoms with Crippen molar-refractivity contribution in [3.05, 3.63) is 0 Å². The molecule has 0 spiro atoms. The van der Waals surface area contributed by atoms with Crippen LogP contribution in [0.5, 0.6) is 0 Å².